The summed E-state index contributed by atoms with van der Waals surface area (Å²) in [5, 5.41) is 15.9. The molecule has 2 amide bonds. The molecule has 3 N–H and O–H groups in total. The lowest BCUT2D eigenvalue weighted by Crippen LogP contribution is -2.48. The van der Waals surface area contributed by atoms with Gasteiger partial charge in [0.1, 0.15) is 5.82 Å². The molecule has 0 spiro atoms. The van der Waals surface area contributed by atoms with Gasteiger partial charge in [-0.2, -0.15) is 0 Å². The Morgan fingerprint density at radius 1 is 1.55 bits per heavy atom. The molecule has 0 saturated carbocycles. The number of urea groups is 1. The summed E-state index contributed by atoms with van der Waals surface area (Å²) in [5.41, 5.74) is 0.606. The van der Waals surface area contributed by atoms with Crippen LogP contribution in [0.2, 0.25) is 0 Å². The molecule has 1 aliphatic carbocycles. The predicted octanol–water partition coefficient (Wildman–Crippen LogP) is 2.91. The van der Waals surface area contributed by atoms with Gasteiger partial charge in [0.2, 0.25) is 0 Å². The topological polar surface area (TPSA) is 61.4 Å². The molecule has 0 aromatic heterocycles. The Balaban J connectivity index is 1.91. The van der Waals surface area contributed by atoms with Crippen LogP contribution in [-0.2, 0) is 6.42 Å². The van der Waals surface area contributed by atoms with Gasteiger partial charge in [0.25, 0.3) is 0 Å². The van der Waals surface area contributed by atoms with E-state index >= 15 is 0 Å². The fourth-order valence-electron chi connectivity index (χ4n) is 2.84. The highest BCUT2D eigenvalue weighted by atomic mass is 19.1. The summed E-state index contributed by atoms with van der Waals surface area (Å²) in [4.78, 5) is 12.0. The first-order chi connectivity index (χ1) is 10.3. The minimum atomic E-state index is -0.939. The van der Waals surface area contributed by atoms with Gasteiger partial charge in [-0.1, -0.05) is 32.4 Å². The second kappa shape index (κ2) is 6.65. The Bertz CT molecular complexity index is 545. The number of hydrogen-bond acceptors (Lipinski definition) is 2. The molecule has 1 aromatic rings. The van der Waals surface area contributed by atoms with Crippen molar-refractivity contribution in [2.75, 3.05) is 6.54 Å². The number of carbonyl (C=O) groups excluding carboxylic acids is 1. The fraction of sp³-hybridized carbons (Fsp3) is 0.588. The summed E-state index contributed by atoms with van der Waals surface area (Å²) in [6, 6.07) is 4.47. The largest absolute Gasteiger partial charge is 0.388 e. The van der Waals surface area contributed by atoms with Crippen LogP contribution in [0.5, 0.6) is 0 Å². The third-order valence-electron chi connectivity index (χ3n) is 4.80. The van der Waals surface area contributed by atoms with Crippen molar-refractivity contribution < 1.29 is 14.3 Å². The summed E-state index contributed by atoms with van der Waals surface area (Å²) in [5.74, 6) is -0.115. The Morgan fingerprint density at radius 3 is 2.95 bits per heavy atom. The normalized spacial score (nSPS) is 20.9. The number of fused-ring (bicyclic) bond motifs is 1. The molecule has 3 atom stereocenters. The maximum Gasteiger partial charge on any atom is 0.315 e. The molecule has 2 rings (SSSR count). The smallest absolute Gasteiger partial charge is 0.315 e. The van der Waals surface area contributed by atoms with Crippen LogP contribution in [0.4, 0.5) is 9.18 Å². The van der Waals surface area contributed by atoms with E-state index in [4.69, 9.17) is 0 Å². The van der Waals surface area contributed by atoms with Crippen LogP contribution in [0.1, 0.15) is 50.8 Å². The summed E-state index contributed by atoms with van der Waals surface area (Å²) in [7, 11) is 0. The number of rotatable bonds is 5. The van der Waals surface area contributed by atoms with Crippen molar-refractivity contribution in [3.63, 3.8) is 0 Å². The van der Waals surface area contributed by atoms with Crippen LogP contribution < -0.4 is 10.6 Å². The number of nitrogens with one attached hydrogen (secondary N) is 2. The number of amides is 2. The second-order valence-corrected chi connectivity index (χ2v) is 6.39. The maximum absolute atomic E-state index is 13.7. The first kappa shape index (κ1) is 16.7. The third kappa shape index (κ3) is 3.58. The summed E-state index contributed by atoms with van der Waals surface area (Å²) >= 11 is 0. The number of hydrogen-bond donors (Lipinski definition) is 3. The lowest BCUT2D eigenvalue weighted by molar-refractivity contribution is 0.00784. The molecule has 22 heavy (non-hydrogen) atoms. The molecule has 122 valence electrons. The van der Waals surface area contributed by atoms with Gasteiger partial charge in [0.05, 0.1) is 11.6 Å². The van der Waals surface area contributed by atoms with Crippen LogP contribution in [0, 0.1) is 11.7 Å². The van der Waals surface area contributed by atoms with Crippen molar-refractivity contribution in [2.24, 2.45) is 5.92 Å². The molecule has 1 aliphatic rings. The second-order valence-electron chi connectivity index (χ2n) is 6.39. The summed E-state index contributed by atoms with van der Waals surface area (Å²) < 4.78 is 13.7. The van der Waals surface area contributed by atoms with Crippen molar-refractivity contribution in [2.45, 2.75) is 51.7 Å². The fourth-order valence-corrected chi connectivity index (χ4v) is 2.84. The lowest BCUT2D eigenvalue weighted by Gasteiger charge is -2.30. The zero-order valence-electron chi connectivity index (χ0n) is 13.4. The molecule has 1 aromatic carbocycles. The highest BCUT2D eigenvalue weighted by Gasteiger charge is 2.29. The van der Waals surface area contributed by atoms with E-state index in [9.17, 15) is 14.3 Å². The van der Waals surface area contributed by atoms with E-state index in [1.54, 1.807) is 13.0 Å². The number of aliphatic hydroxyl groups is 1. The van der Waals surface area contributed by atoms with Crippen molar-refractivity contribution >= 4 is 6.03 Å². The van der Waals surface area contributed by atoms with Gasteiger partial charge < -0.3 is 15.7 Å². The Kier molecular flexibility index (Phi) is 5.06. The molecule has 3 unspecified atom stereocenters. The summed E-state index contributed by atoms with van der Waals surface area (Å²) in [6.07, 6.45) is 2.18. The molecule has 0 fully saturated rings. The van der Waals surface area contributed by atoms with E-state index in [1.807, 2.05) is 19.9 Å². The number of carbonyl (C=O) groups is 1. The van der Waals surface area contributed by atoms with Crippen LogP contribution in [-0.4, -0.2) is 23.3 Å². The van der Waals surface area contributed by atoms with E-state index in [1.165, 1.54) is 6.07 Å². The first-order valence-corrected chi connectivity index (χ1v) is 7.89. The molecular weight excluding hydrogens is 283 g/mol. The third-order valence-corrected chi connectivity index (χ3v) is 4.80. The van der Waals surface area contributed by atoms with Crippen molar-refractivity contribution in [1.82, 2.24) is 10.6 Å². The van der Waals surface area contributed by atoms with E-state index in [0.29, 0.717) is 18.4 Å². The number of halogens is 1. The molecule has 0 heterocycles. The SMILES string of the molecule is CCC(C)C(C)(O)CNC(=O)NC1CCc2c(F)cccc21. The Hall–Kier alpha value is -1.62. The summed E-state index contributed by atoms with van der Waals surface area (Å²) in [6.45, 7) is 5.87. The molecule has 0 radical (unpaired) electrons. The monoisotopic (exact) mass is 308 g/mol. The molecule has 5 heteroatoms. The van der Waals surface area contributed by atoms with Gasteiger partial charge >= 0.3 is 6.03 Å². The minimum absolute atomic E-state index is 0.0918. The predicted molar refractivity (Wildman–Crippen MR) is 84.1 cm³/mol. The van der Waals surface area contributed by atoms with Crippen molar-refractivity contribution in [1.29, 1.82) is 0 Å². The van der Waals surface area contributed by atoms with Crippen LogP contribution in [0.25, 0.3) is 0 Å². The van der Waals surface area contributed by atoms with Crippen LogP contribution in [0.3, 0.4) is 0 Å². The zero-order chi connectivity index (χ0) is 16.3. The Labute approximate surface area is 131 Å². The van der Waals surface area contributed by atoms with Gasteiger partial charge in [-0.05, 0) is 42.9 Å². The average molecular weight is 308 g/mol. The van der Waals surface area contributed by atoms with E-state index in [2.05, 4.69) is 10.6 Å². The van der Waals surface area contributed by atoms with Gasteiger partial charge in [-0.25, -0.2) is 9.18 Å². The van der Waals surface area contributed by atoms with E-state index in [-0.39, 0.29) is 30.4 Å². The highest BCUT2D eigenvalue weighted by Crippen LogP contribution is 2.32. The molecular formula is C17H25FN2O2. The molecule has 0 aliphatic heterocycles. The first-order valence-electron chi connectivity index (χ1n) is 7.89. The molecule has 0 saturated heterocycles. The van der Waals surface area contributed by atoms with E-state index < -0.39 is 5.60 Å². The van der Waals surface area contributed by atoms with Crippen molar-refractivity contribution in [3.05, 3.63) is 35.1 Å². The highest BCUT2D eigenvalue weighted by molar-refractivity contribution is 5.74. The van der Waals surface area contributed by atoms with E-state index in [0.717, 1.165) is 12.0 Å². The van der Waals surface area contributed by atoms with Crippen LogP contribution in [0.15, 0.2) is 18.2 Å². The van der Waals surface area contributed by atoms with Crippen LogP contribution >= 0.6 is 0 Å². The van der Waals surface area contributed by atoms with Gasteiger partial charge in [-0.3, -0.25) is 0 Å². The van der Waals surface area contributed by atoms with Crippen molar-refractivity contribution in [3.8, 4) is 0 Å². The Morgan fingerprint density at radius 2 is 2.27 bits per heavy atom. The minimum Gasteiger partial charge on any atom is -0.388 e. The zero-order valence-corrected chi connectivity index (χ0v) is 13.4. The lowest BCUT2D eigenvalue weighted by atomic mass is 9.89. The van der Waals surface area contributed by atoms with Gasteiger partial charge in [-0.15, -0.1) is 0 Å². The molecule has 4 nitrogen and oxygen atoms in total. The maximum atomic E-state index is 13.7. The average Bonchev–Trinajstić information content (AvgIpc) is 2.89. The quantitative estimate of drug-likeness (QED) is 0.783. The van der Waals surface area contributed by atoms with Gasteiger partial charge in [0.15, 0.2) is 0 Å². The molecule has 0 bridgehead atoms. The number of benzene rings is 1. The van der Waals surface area contributed by atoms with Gasteiger partial charge in [0, 0.05) is 6.54 Å². The standard InChI is InChI=1S/C17H25FN2O2/c1-4-11(2)17(3,22)10-19-16(21)20-15-9-8-12-13(15)6-5-7-14(12)18/h5-7,11,15,22H,4,8-10H2,1-3H3,(H2,19,20,21).